The van der Waals surface area contributed by atoms with Crippen LogP contribution in [0.2, 0.25) is 5.02 Å². The average Bonchev–Trinajstić information content (AvgIpc) is 2.05. The van der Waals surface area contributed by atoms with Gasteiger partial charge in [0.2, 0.25) is 0 Å². The van der Waals surface area contributed by atoms with E-state index >= 15 is 0 Å². The molecule has 0 radical (unpaired) electrons. The van der Waals surface area contributed by atoms with Crippen LogP contribution in [0.25, 0.3) is 0 Å². The first-order valence-corrected chi connectivity index (χ1v) is 4.05. The third-order valence-corrected chi connectivity index (χ3v) is 1.69. The number of halogens is 1. The van der Waals surface area contributed by atoms with Gasteiger partial charge in [0.25, 0.3) is 0 Å². The molecule has 1 aromatic carbocycles. The molecule has 2 heteroatoms. The Morgan fingerprint density at radius 1 is 1.42 bits per heavy atom. The Hall–Kier alpha value is -1.08. The summed E-state index contributed by atoms with van der Waals surface area (Å²) >= 11 is 5.76. The molecule has 0 saturated heterocycles. The minimum Gasteiger partial charge on any atom is -0.299 e. The highest BCUT2D eigenvalue weighted by atomic mass is 35.5. The maximum atomic E-state index is 9.95. The molecule has 62 valence electrons. The highest BCUT2D eigenvalue weighted by Crippen LogP contribution is 2.10. The fraction of sp³-hybridized carbons (Fsp3) is 0.100. The van der Waals surface area contributed by atoms with Crippen molar-refractivity contribution in [2.75, 3.05) is 0 Å². The molecule has 1 rings (SSSR count). The van der Waals surface area contributed by atoms with E-state index in [2.05, 4.69) is 0 Å². The fourth-order valence-corrected chi connectivity index (χ4v) is 1.14. The van der Waals surface area contributed by atoms with Crippen molar-refractivity contribution < 1.29 is 4.79 Å². The van der Waals surface area contributed by atoms with Crippen molar-refractivity contribution in [2.24, 2.45) is 0 Å². The first-order valence-electron chi connectivity index (χ1n) is 3.67. The lowest BCUT2D eigenvalue weighted by Gasteiger charge is -1.95. The van der Waals surface area contributed by atoms with Gasteiger partial charge in [0.15, 0.2) is 0 Å². The second kappa shape index (κ2) is 4.73. The molecule has 0 atom stereocenters. The van der Waals surface area contributed by atoms with E-state index in [-0.39, 0.29) is 0 Å². The van der Waals surface area contributed by atoms with Crippen LogP contribution >= 0.6 is 11.6 Å². The number of carbonyl (C=O) groups is 1. The molecular weight excluding hydrogens is 172 g/mol. The summed E-state index contributed by atoms with van der Waals surface area (Å²) in [6.45, 7) is 0. The number of hydrogen-bond acceptors (Lipinski definition) is 1. The van der Waals surface area contributed by atoms with Crippen molar-refractivity contribution in [2.45, 2.75) is 6.42 Å². The summed E-state index contributed by atoms with van der Waals surface area (Å²) < 4.78 is 0. The van der Waals surface area contributed by atoms with Crippen molar-refractivity contribution >= 4 is 17.9 Å². The maximum absolute atomic E-state index is 9.95. The van der Waals surface area contributed by atoms with Crippen LogP contribution < -0.4 is 0 Å². The van der Waals surface area contributed by atoms with Gasteiger partial charge in [-0.3, -0.25) is 4.79 Å². The van der Waals surface area contributed by atoms with E-state index in [9.17, 15) is 4.79 Å². The molecule has 0 heterocycles. The molecule has 0 N–H and O–H groups in total. The lowest BCUT2D eigenvalue weighted by atomic mass is 10.1. The molecule has 0 aliphatic heterocycles. The highest BCUT2D eigenvalue weighted by Gasteiger charge is 1.89. The van der Waals surface area contributed by atoms with Gasteiger partial charge in [-0.1, -0.05) is 29.8 Å². The Morgan fingerprint density at radius 2 is 2.25 bits per heavy atom. The standard InChI is InChI=1S/C10H9ClO/c11-10-6-3-5-9(8-10)4-1-2-7-12/h1-3,5-8H,4H2. The average molecular weight is 181 g/mol. The molecule has 1 nitrogen and oxygen atoms in total. The van der Waals surface area contributed by atoms with E-state index in [1.807, 2.05) is 24.3 Å². The topological polar surface area (TPSA) is 17.1 Å². The summed E-state index contributed by atoms with van der Waals surface area (Å²) in [7, 11) is 0. The molecule has 0 aromatic heterocycles. The molecule has 1 aromatic rings. The molecule has 0 spiro atoms. The first kappa shape index (κ1) is 9.01. The second-order valence-electron chi connectivity index (χ2n) is 2.40. The van der Waals surface area contributed by atoms with E-state index in [4.69, 9.17) is 11.6 Å². The smallest absolute Gasteiger partial charge is 0.142 e. The zero-order valence-corrected chi connectivity index (χ0v) is 7.29. The maximum Gasteiger partial charge on any atom is 0.142 e. The first-order chi connectivity index (χ1) is 5.83. The van der Waals surface area contributed by atoms with Crippen LogP contribution in [0.5, 0.6) is 0 Å². The molecule has 0 aliphatic rings. The normalized spacial score (nSPS) is 10.4. The van der Waals surface area contributed by atoms with Crippen molar-refractivity contribution in [1.29, 1.82) is 0 Å². The predicted molar refractivity (Wildman–Crippen MR) is 50.4 cm³/mol. The third-order valence-electron chi connectivity index (χ3n) is 1.46. The highest BCUT2D eigenvalue weighted by molar-refractivity contribution is 6.30. The SMILES string of the molecule is O=CC=CCc1cccc(Cl)c1. The number of carbonyl (C=O) groups excluding carboxylic acids is 1. The van der Waals surface area contributed by atoms with E-state index in [1.165, 1.54) is 6.08 Å². The lowest BCUT2D eigenvalue weighted by Crippen LogP contribution is -1.79. The molecule has 0 bridgehead atoms. The Bertz CT molecular complexity index is 292. The van der Waals surface area contributed by atoms with Gasteiger partial charge >= 0.3 is 0 Å². The molecular formula is C10H9ClO. The van der Waals surface area contributed by atoms with E-state index < -0.39 is 0 Å². The number of aldehydes is 1. The molecule has 0 fully saturated rings. The van der Waals surface area contributed by atoms with Crippen LogP contribution in [0, 0.1) is 0 Å². The number of allylic oxidation sites excluding steroid dienone is 2. The summed E-state index contributed by atoms with van der Waals surface area (Å²) in [5.41, 5.74) is 1.11. The monoisotopic (exact) mass is 180 g/mol. The third kappa shape index (κ3) is 2.89. The minimum absolute atomic E-state index is 0.729. The molecule has 0 aliphatic carbocycles. The fourth-order valence-electron chi connectivity index (χ4n) is 0.924. The number of hydrogen-bond donors (Lipinski definition) is 0. The minimum atomic E-state index is 0.729. The summed E-state index contributed by atoms with van der Waals surface area (Å²) in [4.78, 5) is 9.95. The van der Waals surface area contributed by atoms with Gasteiger partial charge in [0.1, 0.15) is 6.29 Å². The van der Waals surface area contributed by atoms with Crippen molar-refractivity contribution in [3.63, 3.8) is 0 Å². The van der Waals surface area contributed by atoms with Crippen LogP contribution in [-0.2, 0) is 11.2 Å². The van der Waals surface area contributed by atoms with Crippen LogP contribution in [0.1, 0.15) is 5.56 Å². The zero-order valence-electron chi connectivity index (χ0n) is 6.53. The summed E-state index contributed by atoms with van der Waals surface area (Å²) in [6, 6.07) is 7.58. The Labute approximate surface area is 76.7 Å². The largest absolute Gasteiger partial charge is 0.299 e. The number of rotatable bonds is 3. The van der Waals surface area contributed by atoms with E-state index in [0.29, 0.717) is 0 Å². The van der Waals surface area contributed by atoms with Gasteiger partial charge < -0.3 is 0 Å². The van der Waals surface area contributed by atoms with Crippen molar-refractivity contribution in [3.05, 3.63) is 47.0 Å². The lowest BCUT2D eigenvalue weighted by molar-refractivity contribution is -0.104. The summed E-state index contributed by atoms with van der Waals surface area (Å²) in [6.07, 6.45) is 4.81. The van der Waals surface area contributed by atoms with Gasteiger partial charge in [-0.25, -0.2) is 0 Å². The van der Waals surface area contributed by atoms with E-state index in [1.54, 1.807) is 6.08 Å². The van der Waals surface area contributed by atoms with E-state index in [0.717, 1.165) is 23.3 Å². The van der Waals surface area contributed by atoms with Gasteiger partial charge in [-0.05, 0) is 30.2 Å². The second-order valence-corrected chi connectivity index (χ2v) is 2.83. The Balaban J connectivity index is 2.63. The Kier molecular flexibility index (Phi) is 3.55. The van der Waals surface area contributed by atoms with Crippen LogP contribution in [0.3, 0.4) is 0 Å². The summed E-state index contributed by atoms with van der Waals surface area (Å²) in [5, 5.41) is 0.729. The van der Waals surface area contributed by atoms with Gasteiger partial charge in [0.05, 0.1) is 0 Å². The predicted octanol–water partition coefficient (Wildman–Crippen LogP) is 2.64. The molecule has 0 saturated carbocycles. The number of benzene rings is 1. The van der Waals surface area contributed by atoms with Crippen LogP contribution in [-0.4, -0.2) is 6.29 Å². The molecule has 0 amide bonds. The van der Waals surface area contributed by atoms with Gasteiger partial charge in [0, 0.05) is 5.02 Å². The summed E-state index contributed by atoms with van der Waals surface area (Å²) in [5.74, 6) is 0. The quantitative estimate of drug-likeness (QED) is 0.516. The van der Waals surface area contributed by atoms with Crippen LogP contribution in [0.15, 0.2) is 36.4 Å². The van der Waals surface area contributed by atoms with Crippen molar-refractivity contribution in [1.82, 2.24) is 0 Å². The van der Waals surface area contributed by atoms with Crippen molar-refractivity contribution in [3.8, 4) is 0 Å². The zero-order chi connectivity index (χ0) is 8.81. The van der Waals surface area contributed by atoms with Gasteiger partial charge in [-0.2, -0.15) is 0 Å². The molecule has 0 unspecified atom stereocenters. The Morgan fingerprint density at radius 3 is 2.92 bits per heavy atom. The van der Waals surface area contributed by atoms with Crippen LogP contribution in [0.4, 0.5) is 0 Å². The molecule has 12 heavy (non-hydrogen) atoms. The van der Waals surface area contributed by atoms with Gasteiger partial charge in [-0.15, -0.1) is 0 Å².